The summed E-state index contributed by atoms with van der Waals surface area (Å²) >= 11 is 0. The van der Waals surface area contributed by atoms with Crippen molar-refractivity contribution >= 4 is 60.5 Å². The van der Waals surface area contributed by atoms with Crippen LogP contribution in [0.1, 0.15) is 26.3 Å². The lowest BCUT2D eigenvalue weighted by molar-refractivity contribution is 0.590. The van der Waals surface area contributed by atoms with Gasteiger partial charge in [-0.25, -0.2) is 0 Å². The fourth-order valence-corrected chi connectivity index (χ4v) is 8.68. The van der Waals surface area contributed by atoms with Gasteiger partial charge in [0.1, 0.15) is 5.58 Å². The largest absolute Gasteiger partial charge is 0.454 e. The first-order valence-electron chi connectivity index (χ1n) is 19.5. The van der Waals surface area contributed by atoms with Crippen LogP contribution in [0, 0.1) is 0 Å². The Bertz CT molecular complexity index is 3160. The van der Waals surface area contributed by atoms with Gasteiger partial charge in [0.15, 0.2) is 5.58 Å². The maximum atomic E-state index is 6.64. The monoisotopic (exact) mass is 717 g/mol. The third kappa shape index (κ3) is 5.25. The third-order valence-corrected chi connectivity index (χ3v) is 11.7. The zero-order valence-corrected chi connectivity index (χ0v) is 31.7. The van der Waals surface area contributed by atoms with Gasteiger partial charge in [-0.15, -0.1) is 0 Å². The molecule has 0 aliphatic heterocycles. The second-order valence-corrected chi connectivity index (χ2v) is 16.2. The van der Waals surface area contributed by atoms with Gasteiger partial charge in [-0.2, -0.15) is 0 Å². The van der Waals surface area contributed by atoms with E-state index in [0.29, 0.717) is 0 Å². The minimum Gasteiger partial charge on any atom is -0.454 e. The Morgan fingerprint density at radius 3 is 1.70 bits per heavy atom. The molecule has 0 N–H and O–H groups in total. The second kappa shape index (κ2) is 12.3. The normalized spacial score (nSPS) is 12.2. The molecule has 11 rings (SSSR count). The SMILES string of the molecule is CC(C)(C)c1ccc(-c2ccc3cc4c(cc3c2)-c2cc3ccc(N(c5cccc(-c6ccccc6)c5)c5cccc6c5oc5ccccc56)cc3cc2-4)cc1. The van der Waals surface area contributed by atoms with Crippen LogP contribution >= 0.6 is 0 Å². The summed E-state index contributed by atoms with van der Waals surface area (Å²) in [7, 11) is 0. The smallest absolute Gasteiger partial charge is 0.159 e. The number of nitrogens with zero attached hydrogens (tertiary/aromatic N) is 1. The third-order valence-electron chi connectivity index (χ3n) is 11.7. The molecule has 9 aromatic carbocycles. The van der Waals surface area contributed by atoms with Crippen molar-refractivity contribution in [2.75, 3.05) is 4.90 Å². The van der Waals surface area contributed by atoms with Crippen LogP contribution in [0.15, 0.2) is 186 Å². The highest BCUT2D eigenvalue weighted by Gasteiger charge is 2.25. The summed E-state index contributed by atoms with van der Waals surface area (Å²) in [5.41, 5.74) is 16.6. The molecule has 0 radical (unpaired) electrons. The number of hydrogen-bond acceptors (Lipinski definition) is 2. The molecule has 1 aromatic heterocycles. The van der Waals surface area contributed by atoms with Crippen molar-refractivity contribution in [3.05, 3.63) is 188 Å². The molecule has 1 aliphatic carbocycles. The molecule has 1 aliphatic rings. The van der Waals surface area contributed by atoms with Crippen LogP contribution in [-0.4, -0.2) is 0 Å². The van der Waals surface area contributed by atoms with Gasteiger partial charge >= 0.3 is 0 Å². The van der Waals surface area contributed by atoms with E-state index in [4.69, 9.17) is 4.42 Å². The van der Waals surface area contributed by atoms with Crippen LogP contribution in [-0.2, 0) is 5.41 Å². The zero-order valence-electron chi connectivity index (χ0n) is 31.7. The van der Waals surface area contributed by atoms with Crippen molar-refractivity contribution in [1.82, 2.24) is 0 Å². The molecule has 0 spiro atoms. The van der Waals surface area contributed by atoms with Crippen LogP contribution in [0.4, 0.5) is 17.1 Å². The van der Waals surface area contributed by atoms with E-state index in [1.807, 2.05) is 6.07 Å². The van der Waals surface area contributed by atoms with Crippen molar-refractivity contribution in [1.29, 1.82) is 0 Å². The van der Waals surface area contributed by atoms with Crippen molar-refractivity contribution in [2.45, 2.75) is 26.2 Å². The summed E-state index contributed by atoms with van der Waals surface area (Å²) < 4.78 is 6.64. The molecular formula is C54H39NO. The molecule has 0 fully saturated rings. The number of anilines is 3. The summed E-state index contributed by atoms with van der Waals surface area (Å²) in [6, 6.07) is 66.5. The number of benzene rings is 9. The Kier molecular flexibility index (Phi) is 7.15. The lowest BCUT2D eigenvalue weighted by Crippen LogP contribution is -2.10. The average Bonchev–Trinajstić information content (AvgIpc) is 3.62. The molecule has 1 heterocycles. The lowest BCUT2D eigenvalue weighted by atomic mass is 9.77. The van der Waals surface area contributed by atoms with Crippen LogP contribution in [0.3, 0.4) is 0 Å². The lowest BCUT2D eigenvalue weighted by Gasteiger charge is -2.28. The topological polar surface area (TPSA) is 16.4 Å². The molecule has 2 nitrogen and oxygen atoms in total. The van der Waals surface area contributed by atoms with E-state index in [1.54, 1.807) is 0 Å². The maximum absolute atomic E-state index is 6.64. The zero-order chi connectivity index (χ0) is 37.5. The molecule has 0 saturated heterocycles. The fraction of sp³-hybridized carbons (Fsp3) is 0.0741. The van der Waals surface area contributed by atoms with E-state index in [-0.39, 0.29) is 5.41 Å². The van der Waals surface area contributed by atoms with E-state index in [1.165, 1.54) is 71.6 Å². The van der Waals surface area contributed by atoms with Crippen LogP contribution in [0.5, 0.6) is 0 Å². The first kappa shape index (κ1) is 32.5. The van der Waals surface area contributed by atoms with E-state index >= 15 is 0 Å². The Hall–Kier alpha value is -6.90. The molecule has 266 valence electrons. The van der Waals surface area contributed by atoms with Crippen molar-refractivity contribution < 1.29 is 4.42 Å². The molecule has 0 amide bonds. The van der Waals surface area contributed by atoms with Crippen LogP contribution in [0.2, 0.25) is 0 Å². The first-order valence-corrected chi connectivity index (χ1v) is 19.5. The molecular weight excluding hydrogens is 679 g/mol. The number of rotatable bonds is 5. The molecule has 2 heteroatoms. The molecule has 56 heavy (non-hydrogen) atoms. The molecule has 0 atom stereocenters. The van der Waals surface area contributed by atoms with Crippen molar-refractivity contribution in [3.63, 3.8) is 0 Å². The van der Waals surface area contributed by atoms with Crippen molar-refractivity contribution in [3.8, 4) is 44.5 Å². The van der Waals surface area contributed by atoms with Gasteiger partial charge in [0.05, 0.1) is 5.69 Å². The Morgan fingerprint density at radius 2 is 0.946 bits per heavy atom. The highest BCUT2D eigenvalue weighted by molar-refractivity contribution is 6.13. The van der Waals surface area contributed by atoms with E-state index in [0.717, 1.165) is 39.0 Å². The van der Waals surface area contributed by atoms with Gasteiger partial charge in [0.2, 0.25) is 0 Å². The average molecular weight is 718 g/mol. The Morgan fingerprint density at radius 1 is 0.393 bits per heavy atom. The predicted octanol–water partition coefficient (Wildman–Crippen LogP) is 15.6. The number of para-hydroxylation sites is 2. The van der Waals surface area contributed by atoms with Gasteiger partial charge in [-0.1, -0.05) is 136 Å². The number of hydrogen-bond donors (Lipinski definition) is 0. The second-order valence-electron chi connectivity index (χ2n) is 16.2. The summed E-state index contributed by atoms with van der Waals surface area (Å²) in [5.74, 6) is 0. The summed E-state index contributed by atoms with van der Waals surface area (Å²) in [6.45, 7) is 6.79. The summed E-state index contributed by atoms with van der Waals surface area (Å²) in [6.07, 6.45) is 0. The Balaban J connectivity index is 1.01. The van der Waals surface area contributed by atoms with Crippen LogP contribution < -0.4 is 4.90 Å². The minimum absolute atomic E-state index is 0.140. The maximum Gasteiger partial charge on any atom is 0.159 e. The van der Waals surface area contributed by atoms with Gasteiger partial charge in [0, 0.05) is 22.1 Å². The summed E-state index contributed by atoms with van der Waals surface area (Å²) in [5, 5.41) is 7.21. The molecule has 10 aromatic rings. The molecule has 0 bridgehead atoms. The Labute approximate surface area is 326 Å². The first-order chi connectivity index (χ1) is 27.4. The van der Waals surface area contributed by atoms with Gasteiger partial charge in [0.25, 0.3) is 0 Å². The van der Waals surface area contributed by atoms with Gasteiger partial charge in [-0.05, 0) is 144 Å². The van der Waals surface area contributed by atoms with Crippen LogP contribution in [0.25, 0.3) is 88.0 Å². The predicted molar refractivity (Wildman–Crippen MR) is 237 cm³/mol. The van der Waals surface area contributed by atoms with E-state index in [2.05, 4.69) is 202 Å². The van der Waals surface area contributed by atoms with E-state index < -0.39 is 0 Å². The minimum atomic E-state index is 0.140. The summed E-state index contributed by atoms with van der Waals surface area (Å²) in [4.78, 5) is 2.35. The highest BCUT2D eigenvalue weighted by Crippen LogP contribution is 2.51. The molecule has 0 unspecified atom stereocenters. The van der Waals surface area contributed by atoms with Crippen molar-refractivity contribution in [2.24, 2.45) is 0 Å². The number of fused-ring (bicyclic) bond motifs is 9. The standard InChI is InChI=1S/C54H39NO/c1-54(2,3)42-24-21-35(22-25-42)37-19-20-38-30-47-49(32-40(38)27-37)48-31-39-23-26-44(29-41(39)33-50(47)48)55(43-14-9-13-36(28-43)34-11-5-4-6-12-34)51-17-10-16-46-45-15-7-8-18-52(45)56-53(46)51/h4-33H,1-3H3. The van der Waals surface area contributed by atoms with Gasteiger partial charge < -0.3 is 9.32 Å². The number of furan rings is 1. The van der Waals surface area contributed by atoms with E-state index in [9.17, 15) is 0 Å². The quantitative estimate of drug-likeness (QED) is 0.176. The fourth-order valence-electron chi connectivity index (χ4n) is 8.68. The highest BCUT2D eigenvalue weighted by atomic mass is 16.3. The van der Waals surface area contributed by atoms with Gasteiger partial charge in [-0.3, -0.25) is 0 Å². The molecule has 0 saturated carbocycles.